The molecule has 1 saturated carbocycles. The predicted molar refractivity (Wildman–Crippen MR) is 61.1 cm³/mol. The van der Waals surface area contributed by atoms with Crippen LogP contribution in [0.2, 0.25) is 0 Å². The highest BCUT2D eigenvalue weighted by Crippen LogP contribution is 2.47. The first-order chi connectivity index (χ1) is 7.03. The highest BCUT2D eigenvalue weighted by Gasteiger charge is 2.46. The van der Waals surface area contributed by atoms with E-state index in [1.807, 2.05) is 0 Å². The van der Waals surface area contributed by atoms with E-state index in [-0.39, 0.29) is 11.3 Å². The van der Waals surface area contributed by atoms with Crippen molar-refractivity contribution in [3.8, 4) is 0 Å². The van der Waals surface area contributed by atoms with E-state index >= 15 is 0 Å². The summed E-state index contributed by atoms with van der Waals surface area (Å²) in [4.78, 5) is 11.9. The van der Waals surface area contributed by atoms with Crippen LogP contribution in [0.1, 0.15) is 46.0 Å². The molecule has 1 N–H and O–H groups in total. The lowest BCUT2D eigenvalue weighted by Gasteiger charge is -2.36. The molecule has 2 nitrogen and oxygen atoms in total. The third-order valence-corrected chi connectivity index (χ3v) is 4.25. The molecule has 1 spiro atoms. The topological polar surface area (TPSA) is 29.1 Å². The molecule has 15 heavy (non-hydrogen) atoms. The molecule has 2 rings (SSSR count). The Morgan fingerprint density at radius 1 is 1.40 bits per heavy atom. The molecule has 1 heterocycles. The average molecular weight is 207 g/mol. The molecule has 84 valence electrons. The Bertz CT molecular complexity index is 285. The van der Waals surface area contributed by atoms with Crippen molar-refractivity contribution < 1.29 is 4.79 Å². The fraction of sp³-hybridized carbons (Fsp3) is 0.769. The minimum absolute atomic E-state index is 0.0809. The largest absolute Gasteiger partial charge is 0.330 e. The van der Waals surface area contributed by atoms with Gasteiger partial charge in [0.25, 0.3) is 0 Å². The lowest BCUT2D eigenvalue weighted by atomic mass is 9.67. The smallest absolute Gasteiger partial charge is 0.230 e. The zero-order chi connectivity index (χ0) is 11.1. The molecule has 1 saturated heterocycles. The normalized spacial score (nSPS) is 36.3. The standard InChI is InChI=1S/C13H21NO/c1-9(2)11-4-6-13(7-5-11)8-10(3)14-12(13)15/h9,11H,3-8H2,1-2H3,(H,14,15). The maximum absolute atomic E-state index is 11.9. The summed E-state index contributed by atoms with van der Waals surface area (Å²) in [7, 11) is 0. The van der Waals surface area contributed by atoms with Crippen LogP contribution in [0.5, 0.6) is 0 Å². The first-order valence-corrected chi connectivity index (χ1v) is 6.03. The van der Waals surface area contributed by atoms with Gasteiger partial charge < -0.3 is 5.32 Å². The zero-order valence-electron chi connectivity index (χ0n) is 9.81. The fourth-order valence-electron chi connectivity index (χ4n) is 3.09. The minimum atomic E-state index is -0.0809. The highest BCUT2D eigenvalue weighted by atomic mass is 16.2. The summed E-state index contributed by atoms with van der Waals surface area (Å²) in [6.45, 7) is 8.45. The van der Waals surface area contributed by atoms with Crippen LogP contribution in [0.25, 0.3) is 0 Å². The molecule has 2 aliphatic rings. The molecule has 2 heteroatoms. The van der Waals surface area contributed by atoms with Crippen molar-refractivity contribution in [3.63, 3.8) is 0 Å². The maximum atomic E-state index is 11.9. The summed E-state index contributed by atoms with van der Waals surface area (Å²) < 4.78 is 0. The van der Waals surface area contributed by atoms with Crippen LogP contribution in [0.4, 0.5) is 0 Å². The molecule has 0 aromatic rings. The molecule has 0 aromatic carbocycles. The summed E-state index contributed by atoms with van der Waals surface area (Å²) in [6.07, 6.45) is 5.40. The van der Waals surface area contributed by atoms with Crippen molar-refractivity contribution in [3.05, 3.63) is 12.3 Å². The summed E-state index contributed by atoms with van der Waals surface area (Å²) in [5.41, 5.74) is 0.839. The molecular formula is C13H21NO. The maximum Gasteiger partial charge on any atom is 0.230 e. The molecule has 2 fully saturated rings. The zero-order valence-corrected chi connectivity index (χ0v) is 9.81. The van der Waals surface area contributed by atoms with Crippen LogP contribution in [0.3, 0.4) is 0 Å². The number of hydrogen-bond acceptors (Lipinski definition) is 1. The Morgan fingerprint density at radius 3 is 2.40 bits per heavy atom. The Morgan fingerprint density at radius 2 is 2.00 bits per heavy atom. The minimum Gasteiger partial charge on any atom is -0.330 e. The number of allylic oxidation sites excluding steroid dienone is 1. The van der Waals surface area contributed by atoms with Gasteiger partial charge in [-0.15, -0.1) is 0 Å². The van der Waals surface area contributed by atoms with Gasteiger partial charge in [0.05, 0.1) is 5.41 Å². The second-order valence-corrected chi connectivity index (χ2v) is 5.60. The molecule has 1 aliphatic heterocycles. The Hall–Kier alpha value is -0.790. The molecule has 0 aromatic heterocycles. The Labute approximate surface area is 92.1 Å². The summed E-state index contributed by atoms with van der Waals surface area (Å²) in [5.74, 6) is 1.81. The monoisotopic (exact) mass is 207 g/mol. The van der Waals surface area contributed by atoms with Gasteiger partial charge in [0.2, 0.25) is 5.91 Å². The average Bonchev–Trinajstić information content (AvgIpc) is 2.42. The molecule has 1 amide bonds. The molecule has 0 atom stereocenters. The van der Waals surface area contributed by atoms with Crippen molar-refractivity contribution in [1.82, 2.24) is 5.32 Å². The van der Waals surface area contributed by atoms with Gasteiger partial charge in [-0.2, -0.15) is 0 Å². The molecule has 0 bridgehead atoms. The van der Waals surface area contributed by atoms with Crippen molar-refractivity contribution in [2.24, 2.45) is 17.3 Å². The summed E-state index contributed by atoms with van der Waals surface area (Å²) in [6, 6.07) is 0. The van der Waals surface area contributed by atoms with E-state index in [1.165, 1.54) is 12.8 Å². The summed E-state index contributed by atoms with van der Waals surface area (Å²) >= 11 is 0. The third kappa shape index (κ3) is 1.82. The molecule has 0 unspecified atom stereocenters. The van der Waals surface area contributed by atoms with E-state index in [1.54, 1.807) is 0 Å². The van der Waals surface area contributed by atoms with Crippen molar-refractivity contribution >= 4 is 5.91 Å². The van der Waals surface area contributed by atoms with Crippen molar-refractivity contribution in [1.29, 1.82) is 0 Å². The van der Waals surface area contributed by atoms with E-state index in [0.29, 0.717) is 0 Å². The summed E-state index contributed by atoms with van der Waals surface area (Å²) in [5, 5.41) is 2.89. The second-order valence-electron chi connectivity index (χ2n) is 5.60. The van der Waals surface area contributed by atoms with E-state index in [4.69, 9.17) is 0 Å². The van der Waals surface area contributed by atoms with E-state index in [9.17, 15) is 4.79 Å². The molecule has 1 aliphatic carbocycles. The van der Waals surface area contributed by atoms with Gasteiger partial charge in [-0.25, -0.2) is 0 Å². The first-order valence-electron chi connectivity index (χ1n) is 6.03. The van der Waals surface area contributed by atoms with Gasteiger partial charge in [0, 0.05) is 12.1 Å². The number of carbonyl (C=O) groups is 1. The number of nitrogens with one attached hydrogen (secondary N) is 1. The van der Waals surface area contributed by atoms with Gasteiger partial charge in [0.15, 0.2) is 0 Å². The van der Waals surface area contributed by atoms with E-state index in [0.717, 1.165) is 36.8 Å². The second kappa shape index (κ2) is 3.66. The van der Waals surface area contributed by atoms with Gasteiger partial charge in [0.1, 0.15) is 0 Å². The van der Waals surface area contributed by atoms with E-state index < -0.39 is 0 Å². The van der Waals surface area contributed by atoms with Crippen molar-refractivity contribution in [2.45, 2.75) is 46.0 Å². The third-order valence-electron chi connectivity index (χ3n) is 4.25. The highest BCUT2D eigenvalue weighted by molar-refractivity contribution is 5.87. The van der Waals surface area contributed by atoms with Crippen LogP contribution >= 0.6 is 0 Å². The Kier molecular flexibility index (Phi) is 2.61. The van der Waals surface area contributed by atoms with Gasteiger partial charge in [-0.05, 0) is 37.5 Å². The number of hydrogen-bond donors (Lipinski definition) is 1. The number of carbonyl (C=O) groups excluding carboxylic acids is 1. The number of amides is 1. The van der Waals surface area contributed by atoms with Gasteiger partial charge >= 0.3 is 0 Å². The Balaban J connectivity index is 2.03. The van der Waals surface area contributed by atoms with Gasteiger partial charge in [-0.1, -0.05) is 20.4 Å². The van der Waals surface area contributed by atoms with Crippen molar-refractivity contribution in [2.75, 3.05) is 0 Å². The van der Waals surface area contributed by atoms with Crippen LogP contribution in [-0.2, 0) is 4.79 Å². The quantitative estimate of drug-likeness (QED) is 0.704. The van der Waals surface area contributed by atoms with E-state index in [2.05, 4.69) is 25.7 Å². The molecular weight excluding hydrogens is 186 g/mol. The van der Waals surface area contributed by atoms with Gasteiger partial charge in [-0.3, -0.25) is 4.79 Å². The van der Waals surface area contributed by atoms with Crippen LogP contribution in [0.15, 0.2) is 12.3 Å². The SMILES string of the molecule is C=C1CC2(CCC(C(C)C)CC2)C(=O)N1. The fourth-order valence-corrected chi connectivity index (χ4v) is 3.09. The predicted octanol–water partition coefficient (Wildman–Crippen LogP) is 2.85. The number of rotatable bonds is 1. The van der Waals surface area contributed by atoms with Crippen LogP contribution < -0.4 is 5.32 Å². The lowest BCUT2D eigenvalue weighted by molar-refractivity contribution is -0.129. The first kappa shape index (κ1) is 10.7. The van der Waals surface area contributed by atoms with Crippen LogP contribution in [0, 0.1) is 17.3 Å². The van der Waals surface area contributed by atoms with Crippen LogP contribution in [-0.4, -0.2) is 5.91 Å². The lowest BCUT2D eigenvalue weighted by Crippen LogP contribution is -2.35. The molecule has 0 radical (unpaired) electrons.